The molecule has 0 spiro atoms. The van der Waals surface area contributed by atoms with Gasteiger partial charge in [0.05, 0.1) is 29.5 Å². The van der Waals surface area contributed by atoms with E-state index in [1.807, 2.05) is 32.0 Å². The first-order valence-corrected chi connectivity index (χ1v) is 10.0. The van der Waals surface area contributed by atoms with Gasteiger partial charge in [0.1, 0.15) is 5.76 Å². The Balaban J connectivity index is 1.91. The zero-order valence-corrected chi connectivity index (χ0v) is 16.9. The smallest absolute Gasteiger partial charge is 0.262 e. The summed E-state index contributed by atoms with van der Waals surface area (Å²) in [4.78, 5) is 32.0. The number of aromatic nitrogens is 2. The number of amides is 1. The molecule has 0 N–H and O–H groups in total. The fourth-order valence-electron chi connectivity index (χ4n) is 2.88. The first-order chi connectivity index (χ1) is 13.5. The van der Waals surface area contributed by atoms with Gasteiger partial charge >= 0.3 is 0 Å². The summed E-state index contributed by atoms with van der Waals surface area (Å²) in [5.41, 5.74) is 1.40. The van der Waals surface area contributed by atoms with Crippen LogP contribution in [0.3, 0.4) is 0 Å². The number of carbonyl (C=O) groups excluding carboxylic acids is 1. The average Bonchev–Trinajstić information content (AvgIpc) is 3.19. The van der Waals surface area contributed by atoms with Gasteiger partial charge in [0.2, 0.25) is 5.91 Å². The van der Waals surface area contributed by atoms with E-state index in [2.05, 4.69) is 11.6 Å². The van der Waals surface area contributed by atoms with Crippen LogP contribution in [0.2, 0.25) is 0 Å². The third kappa shape index (κ3) is 4.54. The van der Waals surface area contributed by atoms with Crippen molar-refractivity contribution in [3.8, 4) is 0 Å². The molecule has 1 aromatic carbocycles. The summed E-state index contributed by atoms with van der Waals surface area (Å²) < 4.78 is 6.97. The van der Waals surface area contributed by atoms with Gasteiger partial charge in [0.15, 0.2) is 5.16 Å². The van der Waals surface area contributed by atoms with Gasteiger partial charge in [-0.15, -0.1) is 0 Å². The number of para-hydroxylation sites is 1. The number of thioether (sulfide) groups is 1. The maximum absolute atomic E-state index is 13.0. The molecule has 0 saturated heterocycles. The molecule has 0 unspecified atom stereocenters. The predicted molar refractivity (Wildman–Crippen MR) is 112 cm³/mol. The highest BCUT2D eigenvalue weighted by atomic mass is 32.2. The van der Waals surface area contributed by atoms with Crippen molar-refractivity contribution in [2.24, 2.45) is 0 Å². The summed E-state index contributed by atoms with van der Waals surface area (Å²) in [6.07, 6.45) is 1.57. The molecule has 2 heterocycles. The Morgan fingerprint density at radius 2 is 2.07 bits per heavy atom. The SMILES string of the molecule is C=C(C)CN(CC)C(=O)CSc1nc2ccccc2c(=O)n1Cc1ccco1. The summed E-state index contributed by atoms with van der Waals surface area (Å²) in [5, 5.41) is 1.04. The summed E-state index contributed by atoms with van der Waals surface area (Å²) in [6, 6.07) is 10.8. The molecule has 0 bridgehead atoms. The van der Waals surface area contributed by atoms with E-state index >= 15 is 0 Å². The monoisotopic (exact) mass is 397 g/mol. The molecular formula is C21H23N3O3S. The van der Waals surface area contributed by atoms with Crippen LogP contribution in [-0.4, -0.2) is 39.2 Å². The maximum atomic E-state index is 13.0. The van der Waals surface area contributed by atoms with Gasteiger partial charge in [-0.1, -0.05) is 36.0 Å². The number of rotatable bonds is 8. The van der Waals surface area contributed by atoms with E-state index in [0.717, 1.165) is 5.57 Å². The summed E-state index contributed by atoms with van der Waals surface area (Å²) in [5.74, 6) is 0.844. The molecule has 3 rings (SSSR count). The van der Waals surface area contributed by atoms with Gasteiger partial charge < -0.3 is 9.32 Å². The van der Waals surface area contributed by atoms with E-state index < -0.39 is 0 Å². The fraction of sp³-hybridized carbons (Fsp3) is 0.286. The van der Waals surface area contributed by atoms with E-state index in [9.17, 15) is 9.59 Å². The first-order valence-electron chi connectivity index (χ1n) is 9.06. The van der Waals surface area contributed by atoms with Crippen LogP contribution in [0.15, 0.2) is 69.2 Å². The van der Waals surface area contributed by atoms with Crippen LogP contribution in [-0.2, 0) is 11.3 Å². The maximum Gasteiger partial charge on any atom is 0.262 e. The summed E-state index contributed by atoms with van der Waals surface area (Å²) >= 11 is 1.27. The van der Waals surface area contributed by atoms with Crippen LogP contribution < -0.4 is 5.56 Å². The molecule has 0 radical (unpaired) electrons. The van der Waals surface area contributed by atoms with Gasteiger partial charge in [0, 0.05) is 13.1 Å². The lowest BCUT2D eigenvalue weighted by Gasteiger charge is -2.21. The number of hydrogen-bond donors (Lipinski definition) is 0. The normalized spacial score (nSPS) is 10.9. The molecule has 1 amide bonds. The predicted octanol–water partition coefficient (Wildman–Crippen LogP) is 3.55. The number of hydrogen-bond acceptors (Lipinski definition) is 5. The van der Waals surface area contributed by atoms with E-state index in [-0.39, 0.29) is 23.8 Å². The number of nitrogens with zero attached hydrogens (tertiary/aromatic N) is 3. The molecule has 2 aromatic heterocycles. The van der Waals surface area contributed by atoms with Crippen molar-refractivity contribution >= 4 is 28.6 Å². The number of carbonyl (C=O) groups is 1. The second kappa shape index (κ2) is 8.93. The standard InChI is InChI=1S/C21H23N3O3S/c1-4-23(12-15(2)3)19(25)14-28-21-22-18-10-6-5-9-17(18)20(26)24(21)13-16-8-7-11-27-16/h5-11H,2,4,12-14H2,1,3H3. The minimum Gasteiger partial charge on any atom is -0.467 e. The second-order valence-corrected chi connectivity index (χ2v) is 7.48. The van der Waals surface area contributed by atoms with Gasteiger partial charge in [-0.05, 0) is 38.1 Å². The van der Waals surface area contributed by atoms with Crippen LogP contribution >= 0.6 is 11.8 Å². The van der Waals surface area contributed by atoms with Crippen molar-refractivity contribution in [2.75, 3.05) is 18.8 Å². The Morgan fingerprint density at radius 1 is 1.29 bits per heavy atom. The van der Waals surface area contributed by atoms with Crippen LogP contribution in [0.25, 0.3) is 10.9 Å². The molecule has 0 atom stereocenters. The number of furan rings is 1. The lowest BCUT2D eigenvalue weighted by molar-refractivity contribution is -0.127. The zero-order valence-electron chi connectivity index (χ0n) is 16.1. The zero-order chi connectivity index (χ0) is 20.1. The van der Waals surface area contributed by atoms with E-state index in [4.69, 9.17) is 4.42 Å². The van der Waals surface area contributed by atoms with Crippen molar-refractivity contribution in [3.05, 3.63) is 70.9 Å². The molecule has 6 nitrogen and oxygen atoms in total. The van der Waals surface area contributed by atoms with Crippen molar-refractivity contribution in [1.82, 2.24) is 14.5 Å². The molecule has 0 aliphatic heterocycles. The Hall–Kier alpha value is -2.80. The Morgan fingerprint density at radius 3 is 2.75 bits per heavy atom. The Bertz CT molecular complexity index is 1040. The average molecular weight is 398 g/mol. The van der Waals surface area contributed by atoms with Crippen molar-refractivity contribution in [3.63, 3.8) is 0 Å². The van der Waals surface area contributed by atoms with Crippen molar-refractivity contribution in [2.45, 2.75) is 25.5 Å². The molecule has 0 saturated carbocycles. The minimum atomic E-state index is -0.147. The molecule has 0 aliphatic carbocycles. The van der Waals surface area contributed by atoms with Crippen molar-refractivity contribution in [1.29, 1.82) is 0 Å². The first kappa shape index (κ1) is 19.9. The van der Waals surface area contributed by atoms with Crippen LogP contribution in [0.4, 0.5) is 0 Å². The lowest BCUT2D eigenvalue weighted by Crippen LogP contribution is -2.33. The highest BCUT2D eigenvalue weighted by Crippen LogP contribution is 2.20. The minimum absolute atomic E-state index is 0.0116. The molecule has 0 aliphatic rings. The topological polar surface area (TPSA) is 68.3 Å². The molecule has 3 aromatic rings. The molecule has 0 fully saturated rings. The van der Waals surface area contributed by atoms with E-state index in [1.165, 1.54) is 11.8 Å². The van der Waals surface area contributed by atoms with Crippen LogP contribution in [0.1, 0.15) is 19.6 Å². The van der Waals surface area contributed by atoms with Crippen LogP contribution in [0, 0.1) is 0 Å². The largest absolute Gasteiger partial charge is 0.467 e. The molecular weight excluding hydrogens is 374 g/mol. The van der Waals surface area contributed by atoms with Crippen molar-refractivity contribution < 1.29 is 9.21 Å². The highest BCUT2D eigenvalue weighted by Gasteiger charge is 2.17. The van der Waals surface area contributed by atoms with Gasteiger partial charge in [-0.3, -0.25) is 14.2 Å². The Kier molecular flexibility index (Phi) is 6.36. The quantitative estimate of drug-likeness (QED) is 0.330. The molecule has 28 heavy (non-hydrogen) atoms. The number of likely N-dealkylation sites (N-methyl/N-ethyl adjacent to an activating group) is 1. The van der Waals surface area contributed by atoms with E-state index in [0.29, 0.717) is 34.9 Å². The molecule has 146 valence electrons. The third-order valence-electron chi connectivity index (χ3n) is 4.24. The fourth-order valence-corrected chi connectivity index (χ4v) is 3.78. The lowest BCUT2D eigenvalue weighted by atomic mass is 10.2. The second-order valence-electron chi connectivity index (χ2n) is 6.54. The summed E-state index contributed by atoms with van der Waals surface area (Å²) in [7, 11) is 0. The van der Waals surface area contributed by atoms with Gasteiger partial charge in [-0.2, -0.15) is 0 Å². The van der Waals surface area contributed by atoms with E-state index in [1.54, 1.807) is 33.9 Å². The third-order valence-corrected chi connectivity index (χ3v) is 5.20. The van der Waals surface area contributed by atoms with Gasteiger partial charge in [0.25, 0.3) is 5.56 Å². The Labute approximate surface area is 167 Å². The number of benzene rings is 1. The highest BCUT2D eigenvalue weighted by molar-refractivity contribution is 7.99. The molecule has 7 heteroatoms. The van der Waals surface area contributed by atoms with Crippen LogP contribution in [0.5, 0.6) is 0 Å². The summed E-state index contributed by atoms with van der Waals surface area (Å²) in [6.45, 7) is 9.11. The van der Waals surface area contributed by atoms with Gasteiger partial charge in [-0.25, -0.2) is 4.98 Å². The number of fused-ring (bicyclic) bond motifs is 1.